The summed E-state index contributed by atoms with van der Waals surface area (Å²) in [6.45, 7) is 7.29. The summed E-state index contributed by atoms with van der Waals surface area (Å²) < 4.78 is 28.5. The average Bonchev–Trinajstić information content (AvgIpc) is 1.91. The topological polar surface area (TPSA) is 43.4 Å². The standard InChI is InChI=1S/C10H25O3PS/c1-6-7-8-9-10-15(11,12)13-14(2,3,4)5/h6-10H2,1-5H3. The molecule has 3 nitrogen and oxygen atoms in total. The van der Waals surface area contributed by atoms with E-state index in [0.717, 1.165) is 19.3 Å². The summed E-state index contributed by atoms with van der Waals surface area (Å²) in [5.74, 6) is 0.161. The molecule has 0 bridgehead atoms. The minimum absolute atomic E-state index is 0.161. The molecule has 0 aliphatic carbocycles. The molecular weight excluding hydrogens is 231 g/mol. The zero-order chi connectivity index (χ0) is 12.2. The third-order valence-corrected chi connectivity index (χ3v) is 5.74. The molecule has 0 amide bonds. The average molecular weight is 256 g/mol. The van der Waals surface area contributed by atoms with Crippen molar-refractivity contribution in [2.75, 3.05) is 32.4 Å². The molecule has 0 radical (unpaired) electrons. The number of hydrogen-bond acceptors (Lipinski definition) is 3. The normalized spacial score (nSPS) is 15.9. The summed E-state index contributed by atoms with van der Waals surface area (Å²) in [6, 6.07) is 0. The van der Waals surface area contributed by atoms with Gasteiger partial charge >= 0.3 is 94.4 Å². The first-order valence-electron chi connectivity index (χ1n) is 5.47. The fourth-order valence-corrected chi connectivity index (χ4v) is 5.69. The van der Waals surface area contributed by atoms with Gasteiger partial charge in [0.25, 0.3) is 0 Å². The summed E-state index contributed by atoms with van der Waals surface area (Å²) in [4.78, 5) is 0. The van der Waals surface area contributed by atoms with E-state index in [0.29, 0.717) is 6.42 Å². The zero-order valence-corrected chi connectivity index (χ0v) is 12.3. The van der Waals surface area contributed by atoms with Crippen LogP contribution in [0.2, 0.25) is 0 Å². The molecule has 0 aromatic rings. The summed E-state index contributed by atoms with van der Waals surface area (Å²) >= 11 is 0. The molecule has 0 aliphatic rings. The minimum atomic E-state index is -3.32. The van der Waals surface area contributed by atoms with E-state index >= 15 is 0 Å². The van der Waals surface area contributed by atoms with Crippen LogP contribution in [0.1, 0.15) is 32.6 Å². The predicted octanol–water partition coefficient (Wildman–Crippen LogP) is 2.90. The van der Waals surface area contributed by atoms with Gasteiger partial charge < -0.3 is 0 Å². The zero-order valence-electron chi connectivity index (χ0n) is 10.6. The fourth-order valence-electron chi connectivity index (χ4n) is 1.20. The molecule has 0 unspecified atom stereocenters. The second kappa shape index (κ2) is 5.11. The van der Waals surface area contributed by atoms with Gasteiger partial charge in [0.05, 0.1) is 0 Å². The van der Waals surface area contributed by atoms with Crippen LogP contribution in [0.5, 0.6) is 0 Å². The Hall–Kier alpha value is 0.340. The second-order valence-electron chi connectivity index (χ2n) is 5.81. The van der Waals surface area contributed by atoms with Crippen molar-refractivity contribution in [3.63, 3.8) is 0 Å². The van der Waals surface area contributed by atoms with Gasteiger partial charge in [-0.1, -0.05) is 0 Å². The molecule has 0 N–H and O–H groups in total. The maximum absolute atomic E-state index is 11.6. The quantitative estimate of drug-likeness (QED) is 0.519. The van der Waals surface area contributed by atoms with Crippen molar-refractivity contribution >= 4 is 16.9 Å². The van der Waals surface area contributed by atoms with Gasteiger partial charge in [0, 0.05) is 0 Å². The van der Waals surface area contributed by atoms with Crippen LogP contribution in [0.3, 0.4) is 0 Å². The maximum atomic E-state index is 11.6. The molecule has 0 saturated carbocycles. The van der Waals surface area contributed by atoms with Crippen molar-refractivity contribution < 1.29 is 12.4 Å². The van der Waals surface area contributed by atoms with Gasteiger partial charge in [0.2, 0.25) is 0 Å². The second-order valence-corrected chi connectivity index (χ2v) is 14.8. The van der Waals surface area contributed by atoms with E-state index in [1.54, 1.807) is 0 Å². The van der Waals surface area contributed by atoms with E-state index in [1.807, 2.05) is 26.7 Å². The first kappa shape index (κ1) is 15.3. The van der Waals surface area contributed by atoms with Gasteiger partial charge in [0.15, 0.2) is 0 Å². The van der Waals surface area contributed by atoms with Crippen molar-refractivity contribution in [2.45, 2.75) is 32.6 Å². The molecular formula is C10H25O3PS. The summed E-state index contributed by atoms with van der Waals surface area (Å²) in [6.07, 6.45) is 3.89. The summed E-state index contributed by atoms with van der Waals surface area (Å²) in [5, 5.41) is 0. The van der Waals surface area contributed by atoms with Crippen LogP contribution in [-0.2, 0) is 14.1 Å². The van der Waals surface area contributed by atoms with Crippen LogP contribution in [0, 0.1) is 0 Å². The fraction of sp³-hybridized carbons (Fsp3) is 1.00. The molecule has 15 heavy (non-hydrogen) atoms. The van der Waals surface area contributed by atoms with Crippen molar-refractivity contribution in [3.05, 3.63) is 0 Å². The SMILES string of the molecule is CCCCCCS(=O)(=O)OP(C)(C)(C)C. The van der Waals surface area contributed by atoms with Crippen LogP contribution in [0.15, 0.2) is 0 Å². The Morgan fingerprint density at radius 2 is 1.53 bits per heavy atom. The molecule has 0 rings (SSSR count). The Morgan fingerprint density at radius 3 is 1.93 bits per heavy atom. The Kier molecular flexibility index (Phi) is 5.23. The number of rotatable bonds is 7. The molecule has 0 aromatic heterocycles. The van der Waals surface area contributed by atoms with Gasteiger partial charge in [-0.15, -0.1) is 0 Å². The van der Waals surface area contributed by atoms with E-state index in [-0.39, 0.29) is 5.75 Å². The molecule has 0 atom stereocenters. The molecule has 0 aliphatic heterocycles. The van der Waals surface area contributed by atoms with E-state index < -0.39 is 16.9 Å². The van der Waals surface area contributed by atoms with Crippen molar-refractivity contribution in [2.24, 2.45) is 0 Å². The Labute approximate surface area is 94.7 Å². The van der Waals surface area contributed by atoms with Gasteiger partial charge in [-0.05, 0) is 0 Å². The van der Waals surface area contributed by atoms with Gasteiger partial charge in [-0.2, -0.15) is 0 Å². The van der Waals surface area contributed by atoms with Crippen molar-refractivity contribution in [1.82, 2.24) is 0 Å². The number of hydrogen-bond donors (Lipinski definition) is 0. The molecule has 0 aromatic carbocycles. The molecule has 5 heteroatoms. The van der Waals surface area contributed by atoms with Gasteiger partial charge in [-0.3, -0.25) is 0 Å². The predicted molar refractivity (Wildman–Crippen MR) is 69.6 cm³/mol. The molecule has 94 valence electrons. The molecule has 0 spiro atoms. The summed E-state index contributed by atoms with van der Waals surface area (Å²) in [5.41, 5.74) is 0. The third-order valence-electron chi connectivity index (χ3n) is 1.66. The van der Waals surface area contributed by atoms with E-state index in [4.69, 9.17) is 3.97 Å². The Balaban J connectivity index is 4.11. The first-order valence-corrected chi connectivity index (χ1v) is 11.0. The molecule has 0 heterocycles. The number of unbranched alkanes of at least 4 members (excludes halogenated alkanes) is 3. The Morgan fingerprint density at radius 1 is 1.00 bits per heavy atom. The van der Waals surface area contributed by atoms with Crippen LogP contribution >= 0.6 is 6.83 Å². The third kappa shape index (κ3) is 10.6. The van der Waals surface area contributed by atoms with Gasteiger partial charge in [0.1, 0.15) is 0 Å². The van der Waals surface area contributed by atoms with Gasteiger partial charge in [-0.25, -0.2) is 0 Å². The monoisotopic (exact) mass is 256 g/mol. The van der Waals surface area contributed by atoms with E-state index in [2.05, 4.69) is 6.92 Å². The van der Waals surface area contributed by atoms with Crippen LogP contribution < -0.4 is 0 Å². The van der Waals surface area contributed by atoms with E-state index in [1.165, 1.54) is 0 Å². The molecule has 0 saturated heterocycles. The first-order chi connectivity index (χ1) is 6.52. The van der Waals surface area contributed by atoms with Crippen LogP contribution in [0.4, 0.5) is 0 Å². The van der Waals surface area contributed by atoms with Crippen molar-refractivity contribution in [3.8, 4) is 0 Å². The molecule has 0 fully saturated rings. The van der Waals surface area contributed by atoms with Crippen molar-refractivity contribution in [1.29, 1.82) is 0 Å². The van der Waals surface area contributed by atoms with E-state index in [9.17, 15) is 8.42 Å². The van der Waals surface area contributed by atoms with Crippen LogP contribution in [0.25, 0.3) is 0 Å². The Bertz CT molecular complexity index is 278. The summed E-state index contributed by atoms with van der Waals surface area (Å²) in [7, 11) is -3.32. The van der Waals surface area contributed by atoms with Crippen LogP contribution in [-0.4, -0.2) is 40.8 Å².